The average Bonchev–Trinajstić information content (AvgIpc) is 2.18. The highest BCUT2D eigenvalue weighted by molar-refractivity contribution is 5.25. The van der Waals surface area contributed by atoms with E-state index in [4.69, 9.17) is 15.3 Å². The van der Waals surface area contributed by atoms with Gasteiger partial charge in [0.05, 0.1) is 34.4 Å². The Balaban J connectivity index is 0. The molecule has 4 nitrogen and oxygen atoms in total. The van der Waals surface area contributed by atoms with Crippen LogP contribution in [0.15, 0.2) is 24.3 Å². The number of quaternary nitrogens is 1. The lowest BCUT2D eigenvalue weighted by atomic mass is 10.2. The van der Waals surface area contributed by atoms with Crippen LogP contribution in [0.1, 0.15) is 5.56 Å². The van der Waals surface area contributed by atoms with Gasteiger partial charge in [-0.25, -0.2) is 0 Å². The summed E-state index contributed by atoms with van der Waals surface area (Å²) < 4.78 is 0.844. The van der Waals surface area contributed by atoms with Crippen LogP contribution >= 0.6 is 0 Å². The predicted octanol–water partition coefficient (Wildman–Crippen LogP) is -2.43. The molecule has 0 aliphatic heterocycles. The number of hydrogen-bond donors (Lipinski definition) is 3. The van der Waals surface area contributed by atoms with Crippen LogP contribution in [0.4, 0.5) is 0 Å². The first kappa shape index (κ1) is 18.6. The lowest BCUT2D eigenvalue weighted by Gasteiger charge is -2.21. The van der Waals surface area contributed by atoms with Crippen molar-refractivity contribution in [3.63, 3.8) is 0 Å². The van der Waals surface area contributed by atoms with E-state index in [-0.39, 0.29) is 31.4 Å². The summed E-state index contributed by atoms with van der Waals surface area (Å²) in [6.45, 7) is 1.14. The van der Waals surface area contributed by atoms with Gasteiger partial charge in [-0.05, 0) is 17.7 Å². The summed E-state index contributed by atoms with van der Waals surface area (Å²) in [6, 6.07) is 6.45. The summed E-state index contributed by atoms with van der Waals surface area (Å²) >= 11 is 0. The molecule has 0 fully saturated rings. The third kappa shape index (κ3) is 11.5. The standard InChI is InChI=1S/C7H8O2.C5H14NO.ClH/c8-5-6-1-3-7(9)4-2-6;1-6(2,3)4-5-7;/h1-4,8-9H,5H2;7H,4-5H2,1-3H3;1H/q;+1;/p-1. The number of aliphatic hydroxyl groups is 2. The summed E-state index contributed by atoms with van der Waals surface area (Å²) in [4.78, 5) is 0. The number of rotatable bonds is 3. The molecule has 0 radical (unpaired) electrons. The molecular formula is C12H22ClNO3. The van der Waals surface area contributed by atoms with Crippen molar-refractivity contribution in [2.24, 2.45) is 0 Å². The summed E-state index contributed by atoms with van der Waals surface area (Å²) in [5, 5.41) is 25.7. The molecule has 0 aliphatic carbocycles. The fraction of sp³-hybridized carbons (Fsp3) is 0.500. The third-order valence-corrected chi connectivity index (χ3v) is 1.89. The second-order valence-corrected chi connectivity index (χ2v) is 4.56. The van der Waals surface area contributed by atoms with Crippen LogP contribution in [0, 0.1) is 0 Å². The molecule has 3 N–H and O–H groups in total. The van der Waals surface area contributed by atoms with Crippen LogP contribution in [-0.4, -0.2) is 54.1 Å². The number of likely N-dealkylation sites (N-methyl/N-ethyl adjacent to an activating group) is 1. The molecule has 0 unspecified atom stereocenters. The molecule has 0 aromatic heterocycles. The minimum absolute atomic E-state index is 0. The number of aromatic hydroxyl groups is 1. The van der Waals surface area contributed by atoms with Crippen LogP contribution in [0.3, 0.4) is 0 Å². The van der Waals surface area contributed by atoms with E-state index in [0.717, 1.165) is 16.6 Å². The van der Waals surface area contributed by atoms with Crippen molar-refractivity contribution >= 4 is 0 Å². The van der Waals surface area contributed by atoms with Gasteiger partial charge in [0.15, 0.2) is 0 Å². The number of benzene rings is 1. The maximum Gasteiger partial charge on any atom is 0.115 e. The number of nitrogens with zero attached hydrogens (tertiary/aromatic N) is 1. The van der Waals surface area contributed by atoms with E-state index < -0.39 is 0 Å². The molecule has 0 amide bonds. The van der Waals surface area contributed by atoms with E-state index in [1.807, 2.05) is 0 Å². The van der Waals surface area contributed by atoms with E-state index in [9.17, 15) is 0 Å². The van der Waals surface area contributed by atoms with E-state index in [1.165, 1.54) is 0 Å². The van der Waals surface area contributed by atoms with Crippen LogP contribution < -0.4 is 12.4 Å². The first-order chi connectivity index (χ1) is 7.39. The maximum atomic E-state index is 8.77. The predicted molar refractivity (Wildman–Crippen MR) is 64.0 cm³/mol. The molecule has 1 aromatic carbocycles. The Hall–Kier alpha value is -0.810. The number of halogens is 1. The van der Waals surface area contributed by atoms with Crippen LogP contribution in [0.5, 0.6) is 5.75 Å². The number of aliphatic hydroxyl groups excluding tert-OH is 2. The van der Waals surface area contributed by atoms with Gasteiger partial charge in [-0.3, -0.25) is 0 Å². The van der Waals surface area contributed by atoms with Gasteiger partial charge in [-0.1, -0.05) is 12.1 Å². The average molecular weight is 264 g/mol. The molecular weight excluding hydrogens is 242 g/mol. The zero-order valence-electron chi connectivity index (χ0n) is 10.6. The summed E-state index contributed by atoms with van der Waals surface area (Å²) in [7, 11) is 6.16. The van der Waals surface area contributed by atoms with Crippen molar-refractivity contribution in [3.05, 3.63) is 29.8 Å². The SMILES string of the molecule is C[N+](C)(C)CCO.OCc1ccc(O)cc1.[Cl-]. The number of hydrogen-bond acceptors (Lipinski definition) is 3. The fourth-order valence-electron chi connectivity index (χ4n) is 0.901. The molecule has 100 valence electrons. The van der Waals surface area contributed by atoms with Gasteiger partial charge >= 0.3 is 0 Å². The zero-order valence-corrected chi connectivity index (χ0v) is 11.4. The van der Waals surface area contributed by atoms with E-state index >= 15 is 0 Å². The molecule has 0 bridgehead atoms. The smallest absolute Gasteiger partial charge is 0.115 e. The molecule has 17 heavy (non-hydrogen) atoms. The molecule has 0 aliphatic rings. The molecule has 0 saturated heterocycles. The minimum atomic E-state index is 0. The first-order valence-corrected chi connectivity index (χ1v) is 5.19. The number of phenolic OH excluding ortho intramolecular Hbond substituents is 1. The molecule has 0 heterocycles. The molecule has 0 atom stereocenters. The highest BCUT2D eigenvalue weighted by atomic mass is 35.5. The summed E-state index contributed by atoms with van der Waals surface area (Å²) in [5.41, 5.74) is 0.813. The van der Waals surface area contributed by atoms with Crippen LogP contribution in [0.25, 0.3) is 0 Å². The monoisotopic (exact) mass is 263 g/mol. The maximum absolute atomic E-state index is 8.77. The number of phenols is 1. The summed E-state index contributed by atoms with van der Waals surface area (Å²) in [5.74, 6) is 0.229. The van der Waals surface area contributed by atoms with Gasteiger partial charge in [-0.15, -0.1) is 0 Å². The Morgan fingerprint density at radius 2 is 1.47 bits per heavy atom. The fourth-order valence-corrected chi connectivity index (χ4v) is 0.901. The van der Waals surface area contributed by atoms with Crippen molar-refractivity contribution in [1.82, 2.24) is 0 Å². The van der Waals surface area contributed by atoms with E-state index in [2.05, 4.69) is 21.1 Å². The molecule has 0 saturated carbocycles. The zero-order chi connectivity index (χ0) is 12.6. The van der Waals surface area contributed by atoms with Gasteiger partial charge in [0.2, 0.25) is 0 Å². The van der Waals surface area contributed by atoms with E-state index in [1.54, 1.807) is 24.3 Å². The molecule has 1 rings (SSSR count). The molecule has 0 spiro atoms. The van der Waals surface area contributed by atoms with Crippen molar-refractivity contribution in [3.8, 4) is 5.75 Å². The Bertz CT molecular complexity index is 283. The minimum Gasteiger partial charge on any atom is -1.00 e. The topological polar surface area (TPSA) is 60.7 Å². The van der Waals surface area contributed by atoms with Gasteiger partial charge in [0.25, 0.3) is 0 Å². The van der Waals surface area contributed by atoms with Crippen molar-refractivity contribution < 1.29 is 32.2 Å². The third-order valence-electron chi connectivity index (χ3n) is 1.89. The van der Waals surface area contributed by atoms with Gasteiger partial charge in [0.1, 0.15) is 12.3 Å². The Morgan fingerprint density at radius 3 is 1.71 bits per heavy atom. The van der Waals surface area contributed by atoms with Crippen molar-refractivity contribution in [2.45, 2.75) is 6.61 Å². The van der Waals surface area contributed by atoms with Gasteiger partial charge in [-0.2, -0.15) is 0 Å². The Kier molecular flexibility index (Phi) is 10.1. The quantitative estimate of drug-likeness (QED) is 0.532. The normalized spacial score (nSPS) is 9.94. The molecule has 1 aromatic rings. The largest absolute Gasteiger partial charge is 1.00 e. The summed E-state index contributed by atoms with van der Waals surface area (Å²) in [6.07, 6.45) is 0. The molecule has 5 heteroatoms. The Morgan fingerprint density at radius 1 is 1.00 bits per heavy atom. The van der Waals surface area contributed by atoms with Crippen LogP contribution in [0.2, 0.25) is 0 Å². The first-order valence-electron chi connectivity index (χ1n) is 5.19. The van der Waals surface area contributed by atoms with E-state index in [0.29, 0.717) is 0 Å². The van der Waals surface area contributed by atoms with Crippen molar-refractivity contribution in [1.29, 1.82) is 0 Å². The Labute approximate surface area is 109 Å². The highest BCUT2D eigenvalue weighted by Gasteiger charge is 2.02. The second kappa shape index (κ2) is 9.24. The van der Waals surface area contributed by atoms with Crippen LogP contribution in [-0.2, 0) is 6.61 Å². The second-order valence-electron chi connectivity index (χ2n) is 4.56. The van der Waals surface area contributed by atoms with Gasteiger partial charge < -0.3 is 32.2 Å². The van der Waals surface area contributed by atoms with Crippen molar-refractivity contribution in [2.75, 3.05) is 34.3 Å². The lowest BCUT2D eigenvalue weighted by Crippen LogP contribution is -3.00. The lowest BCUT2D eigenvalue weighted by molar-refractivity contribution is -0.870. The highest BCUT2D eigenvalue weighted by Crippen LogP contribution is 2.08. The van der Waals surface area contributed by atoms with Gasteiger partial charge in [0, 0.05) is 0 Å².